The van der Waals surface area contributed by atoms with Crippen LogP contribution in [0.15, 0.2) is 29.3 Å². The molecule has 0 N–H and O–H groups in total. The summed E-state index contributed by atoms with van der Waals surface area (Å²) in [7, 11) is 0. The first-order valence-electron chi connectivity index (χ1n) is 4.09. The van der Waals surface area contributed by atoms with Crippen LogP contribution in [0.4, 0.5) is 0 Å². The van der Waals surface area contributed by atoms with Crippen LogP contribution in [-0.2, 0) is 0 Å². The van der Waals surface area contributed by atoms with E-state index in [1.54, 1.807) is 0 Å². The molecule has 13 heavy (non-hydrogen) atoms. The number of rotatable bonds is 3. The van der Waals surface area contributed by atoms with Crippen molar-refractivity contribution in [1.82, 2.24) is 0 Å². The lowest BCUT2D eigenvalue weighted by Crippen LogP contribution is -1.80. The molecule has 1 nitrogen and oxygen atoms in total. The molecular weight excluding hydrogens is 182 g/mol. The quantitative estimate of drug-likeness (QED) is 0.653. The van der Waals surface area contributed by atoms with E-state index in [0.29, 0.717) is 6.54 Å². The van der Waals surface area contributed by atoms with Crippen LogP contribution >= 0.6 is 11.6 Å². The fourth-order valence-electron chi connectivity index (χ4n) is 1.05. The predicted molar refractivity (Wildman–Crippen MR) is 59.6 cm³/mol. The summed E-state index contributed by atoms with van der Waals surface area (Å²) in [6.45, 7) is 6.10. The van der Waals surface area contributed by atoms with E-state index in [9.17, 15) is 0 Å². The molecule has 1 rings (SSSR count). The smallest absolute Gasteiger partial charge is 0.0566 e. The summed E-state index contributed by atoms with van der Waals surface area (Å²) < 4.78 is 0. The van der Waals surface area contributed by atoms with Gasteiger partial charge < -0.3 is 0 Å². The van der Waals surface area contributed by atoms with Gasteiger partial charge in [-0.3, -0.25) is 4.99 Å². The molecule has 0 heterocycles. The first-order valence-corrected chi connectivity index (χ1v) is 4.47. The van der Waals surface area contributed by atoms with Gasteiger partial charge in [-0.1, -0.05) is 29.8 Å². The van der Waals surface area contributed by atoms with Crippen LogP contribution in [0.2, 0.25) is 5.02 Å². The van der Waals surface area contributed by atoms with E-state index >= 15 is 0 Å². The van der Waals surface area contributed by atoms with Gasteiger partial charge in [0.1, 0.15) is 0 Å². The summed E-state index contributed by atoms with van der Waals surface area (Å²) in [5.41, 5.74) is 2.35. The highest BCUT2D eigenvalue weighted by Gasteiger charge is 1.94. The first kappa shape index (κ1) is 10.0. The number of aliphatic imine (C=N–C) groups is 1. The normalized spacial score (nSPS) is 10.6. The van der Waals surface area contributed by atoms with Crippen molar-refractivity contribution in [3.63, 3.8) is 0 Å². The summed E-state index contributed by atoms with van der Waals surface area (Å²) in [4.78, 5) is 3.73. The Kier molecular flexibility index (Phi) is 3.71. The zero-order valence-corrected chi connectivity index (χ0v) is 8.38. The molecular formula is C11H12ClN. The molecule has 0 aliphatic rings. The Bertz CT molecular complexity index is 329. The van der Waals surface area contributed by atoms with Crippen LogP contribution in [0.25, 0.3) is 6.08 Å². The van der Waals surface area contributed by atoms with E-state index in [-0.39, 0.29) is 0 Å². The second kappa shape index (κ2) is 4.83. The minimum absolute atomic E-state index is 0.645. The Morgan fingerprint density at radius 3 is 3.00 bits per heavy atom. The largest absolute Gasteiger partial charge is 0.297 e. The van der Waals surface area contributed by atoms with Crippen LogP contribution in [0.5, 0.6) is 0 Å². The molecule has 68 valence electrons. The van der Waals surface area contributed by atoms with Crippen molar-refractivity contribution in [1.29, 1.82) is 0 Å². The van der Waals surface area contributed by atoms with E-state index in [1.807, 2.05) is 30.4 Å². The number of hydrogen-bond acceptors (Lipinski definition) is 1. The third-order valence-electron chi connectivity index (χ3n) is 1.77. The fourth-order valence-corrected chi connectivity index (χ4v) is 1.23. The monoisotopic (exact) mass is 193 g/mol. The van der Waals surface area contributed by atoms with Gasteiger partial charge in [0.05, 0.1) is 6.54 Å². The molecule has 0 radical (unpaired) electrons. The highest BCUT2D eigenvalue weighted by Crippen LogP contribution is 2.16. The molecule has 0 atom stereocenters. The van der Waals surface area contributed by atoms with Crippen molar-refractivity contribution >= 4 is 24.4 Å². The molecule has 0 saturated heterocycles. The second-order valence-electron chi connectivity index (χ2n) is 2.81. The first-order chi connectivity index (χ1) is 6.24. The number of halogens is 1. The minimum Gasteiger partial charge on any atom is -0.297 e. The zero-order valence-electron chi connectivity index (χ0n) is 7.63. The third-order valence-corrected chi connectivity index (χ3v) is 2.01. The third kappa shape index (κ3) is 3.03. The Morgan fingerprint density at radius 2 is 2.31 bits per heavy atom. The highest BCUT2D eigenvalue weighted by molar-refractivity contribution is 6.30. The van der Waals surface area contributed by atoms with Crippen LogP contribution in [0, 0.1) is 6.92 Å². The molecule has 1 aromatic rings. The van der Waals surface area contributed by atoms with E-state index in [4.69, 9.17) is 11.6 Å². The Hall–Kier alpha value is -1.08. The fraction of sp³-hybridized carbons (Fsp3) is 0.182. The van der Waals surface area contributed by atoms with Crippen molar-refractivity contribution in [2.24, 2.45) is 4.99 Å². The maximum Gasteiger partial charge on any atom is 0.0566 e. The molecule has 0 amide bonds. The van der Waals surface area contributed by atoms with E-state index in [2.05, 4.69) is 18.6 Å². The lowest BCUT2D eigenvalue weighted by molar-refractivity contribution is 1.27. The van der Waals surface area contributed by atoms with E-state index < -0.39 is 0 Å². The summed E-state index contributed by atoms with van der Waals surface area (Å²) in [5.74, 6) is 0. The molecule has 0 saturated carbocycles. The lowest BCUT2D eigenvalue weighted by atomic mass is 10.1. The van der Waals surface area contributed by atoms with Crippen LogP contribution < -0.4 is 0 Å². The van der Waals surface area contributed by atoms with E-state index in [0.717, 1.165) is 10.6 Å². The maximum atomic E-state index is 5.86. The van der Waals surface area contributed by atoms with Gasteiger partial charge in [-0.25, -0.2) is 0 Å². The van der Waals surface area contributed by atoms with Crippen LogP contribution in [0.3, 0.4) is 0 Å². The number of nitrogens with zero attached hydrogens (tertiary/aromatic N) is 1. The predicted octanol–water partition coefficient (Wildman–Crippen LogP) is 3.36. The molecule has 0 aliphatic heterocycles. The van der Waals surface area contributed by atoms with Gasteiger partial charge in [-0.2, -0.15) is 0 Å². The summed E-state index contributed by atoms with van der Waals surface area (Å²) in [5, 5.41) is 0.761. The molecule has 0 aromatic heterocycles. The standard InChI is InChI=1S/C11H12ClN/c1-9-5-6-11(12)8-10(9)4-3-7-13-2/h3-6,8H,2,7H2,1H3. The summed E-state index contributed by atoms with van der Waals surface area (Å²) in [6.07, 6.45) is 3.97. The maximum absolute atomic E-state index is 5.86. The van der Waals surface area contributed by atoms with Crippen molar-refractivity contribution in [2.75, 3.05) is 6.54 Å². The molecule has 0 fully saturated rings. The minimum atomic E-state index is 0.645. The van der Waals surface area contributed by atoms with Gasteiger partial charge in [0.25, 0.3) is 0 Å². The topological polar surface area (TPSA) is 12.4 Å². The molecule has 0 bridgehead atoms. The second-order valence-corrected chi connectivity index (χ2v) is 3.25. The van der Waals surface area contributed by atoms with Crippen molar-refractivity contribution in [3.05, 3.63) is 40.4 Å². The van der Waals surface area contributed by atoms with Gasteiger partial charge >= 0.3 is 0 Å². The van der Waals surface area contributed by atoms with Gasteiger partial charge in [0, 0.05) is 5.02 Å². The molecule has 2 heteroatoms. The highest BCUT2D eigenvalue weighted by atomic mass is 35.5. The molecule has 0 spiro atoms. The molecule has 0 unspecified atom stereocenters. The average Bonchev–Trinajstić information content (AvgIpc) is 2.11. The number of aryl methyl sites for hydroxylation is 1. The summed E-state index contributed by atoms with van der Waals surface area (Å²) in [6, 6.07) is 5.83. The van der Waals surface area contributed by atoms with Crippen molar-refractivity contribution in [2.45, 2.75) is 6.92 Å². The summed E-state index contributed by atoms with van der Waals surface area (Å²) >= 11 is 5.86. The Morgan fingerprint density at radius 1 is 1.54 bits per heavy atom. The molecule has 0 aliphatic carbocycles. The van der Waals surface area contributed by atoms with Gasteiger partial charge in [-0.15, -0.1) is 0 Å². The SMILES string of the molecule is C=NCC=Cc1cc(Cl)ccc1C. The van der Waals surface area contributed by atoms with Crippen LogP contribution in [0.1, 0.15) is 11.1 Å². The van der Waals surface area contributed by atoms with Crippen molar-refractivity contribution < 1.29 is 0 Å². The average molecular weight is 194 g/mol. The van der Waals surface area contributed by atoms with Gasteiger partial charge in [0.2, 0.25) is 0 Å². The zero-order chi connectivity index (χ0) is 9.68. The van der Waals surface area contributed by atoms with Gasteiger partial charge in [0.15, 0.2) is 0 Å². The number of benzene rings is 1. The van der Waals surface area contributed by atoms with Crippen LogP contribution in [-0.4, -0.2) is 13.3 Å². The molecule has 1 aromatic carbocycles. The number of hydrogen-bond donors (Lipinski definition) is 0. The lowest BCUT2D eigenvalue weighted by Gasteiger charge is -1.99. The van der Waals surface area contributed by atoms with E-state index in [1.165, 1.54) is 5.56 Å². The van der Waals surface area contributed by atoms with Crippen molar-refractivity contribution in [3.8, 4) is 0 Å². The Labute approximate surface area is 83.8 Å². The van der Waals surface area contributed by atoms with Gasteiger partial charge in [-0.05, 0) is 36.9 Å². The Balaban J connectivity index is 2.86.